The molecule has 2 heterocycles. The van der Waals surface area contributed by atoms with E-state index in [1.54, 1.807) is 30.5 Å². The minimum atomic E-state index is -1.34. The van der Waals surface area contributed by atoms with Gasteiger partial charge in [0.05, 0.1) is 10.9 Å². The number of benzene rings is 2. The van der Waals surface area contributed by atoms with Gasteiger partial charge in [0.2, 0.25) is 5.95 Å². The van der Waals surface area contributed by atoms with E-state index in [9.17, 15) is 24.3 Å². The van der Waals surface area contributed by atoms with E-state index in [-0.39, 0.29) is 28.2 Å². The molecule has 11 nitrogen and oxygen atoms in total. The zero-order valence-electron chi connectivity index (χ0n) is 18.2. The maximum absolute atomic E-state index is 12.6. The van der Waals surface area contributed by atoms with Crippen molar-refractivity contribution < 1.29 is 24.6 Å². The van der Waals surface area contributed by atoms with Crippen LogP contribution in [0.15, 0.2) is 59.5 Å². The number of hydrogen-bond donors (Lipinski definition) is 6. The third-order valence-electron chi connectivity index (χ3n) is 5.55. The molecule has 1 atom stereocenters. The number of aromatic carboxylic acids is 1. The summed E-state index contributed by atoms with van der Waals surface area (Å²) < 4.78 is 0. The third kappa shape index (κ3) is 5.03. The number of nitrogens with one attached hydrogen (secondary N) is 3. The number of anilines is 1. The number of nitrogens with two attached hydrogens (primary N) is 1. The molecular weight excluding hydrogens is 454 g/mol. The lowest BCUT2D eigenvalue weighted by molar-refractivity contribution is -0.139. The molecule has 0 radical (unpaired) electrons. The molecule has 178 valence electrons. The molecule has 0 aliphatic rings. The molecule has 4 rings (SSSR count). The van der Waals surface area contributed by atoms with Crippen LogP contribution < -0.4 is 16.6 Å². The number of hydrogen-bond acceptors (Lipinski definition) is 6. The molecule has 7 N–H and O–H groups in total. The van der Waals surface area contributed by atoms with Gasteiger partial charge in [0, 0.05) is 11.8 Å². The van der Waals surface area contributed by atoms with E-state index in [4.69, 9.17) is 10.8 Å². The number of aryl methyl sites for hydroxylation is 2. The highest BCUT2D eigenvalue weighted by Crippen LogP contribution is 2.18. The monoisotopic (exact) mass is 475 g/mol. The van der Waals surface area contributed by atoms with Gasteiger partial charge in [-0.3, -0.25) is 14.6 Å². The third-order valence-corrected chi connectivity index (χ3v) is 5.55. The van der Waals surface area contributed by atoms with Crippen molar-refractivity contribution in [2.45, 2.75) is 18.9 Å². The SMILES string of the molecule is Nc1nc2[nH]cc(CCc3ccc(C(=O)NC(C(=O)O)c4ccc(C(=O)O)cc4)cc3)c2c(=O)[nH]1. The molecule has 35 heavy (non-hydrogen) atoms. The summed E-state index contributed by atoms with van der Waals surface area (Å²) in [7, 11) is 0. The molecule has 1 unspecified atom stereocenters. The van der Waals surface area contributed by atoms with Gasteiger partial charge in [0.25, 0.3) is 11.5 Å². The van der Waals surface area contributed by atoms with Crippen molar-refractivity contribution >= 4 is 34.8 Å². The Kier molecular flexibility index (Phi) is 6.32. The Morgan fingerprint density at radius 3 is 2.26 bits per heavy atom. The number of aromatic amines is 2. The van der Waals surface area contributed by atoms with Crippen LogP contribution >= 0.6 is 0 Å². The van der Waals surface area contributed by atoms with Gasteiger partial charge in [-0.15, -0.1) is 0 Å². The number of nitrogens with zero attached hydrogens (tertiary/aromatic N) is 1. The molecule has 2 aromatic heterocycles. The van der Waals surface area contributed by atoms with Crippen molar-refractivity contribution in [1.82, 2.24) is 20.3 Å². The fourth-order valence-electron chi connectivity index (χ4n) is 3.74. The maximum Gasteiger partial charge on any atom is 0.335 e. The highest BCUT2D eigenvalue weighted by Gasteiger charge is 2.23. The molecule has 0 spiro atoms. The smallest absolute Gasteiger partial charge is 0.335 e. The number of rotatable bonds is 8. The Hall–Kier alpha value is -4.93. The van der Waals surface area contributed by atoms with Crippen molar-refractivity contribution in [1.29, 1.82) is 0 Å². The number of carbonyl (C=O) groups excluding carboxylic acids is 1. The average molecular weight is 475 g/mol. The number of amides is 1. The minimum absolute atomic E-state index is 0.0115. The first-order valence-electron chi connectivity index (χ1n) is 10.5. The van der Waals surface area contributed by atoms with Crippen LogP contribution in [0, 0.1) is 0 Å². The predicted molar refractivity (Wildman–Crippen MR) is 126 cm³/mol. The minimum Gasteiger partial charge on any atom is -0.479 e. The van der Waals surface area contributed by atoms with E-state index in [0.717, 1.165) is 11.1 Å². The summed E-state index contributed by atoms with van der Waals surface area (Å²) in [5, 5.41) is 21.4. The highest BCUT2D eigenvalue weighted by atomic mass is 16.4. The quantitative estimate of drug-likeness (QED) is 0.222. The van der Waals surface area contributed by atoms with Gasteiger partial charge in [-0.1, -0.05) is 24.3 Å². The van der Waals surface area contributed by atoms with Gasteiger partial charge >= 0.3 is 11.9 Å². The molecule has 0 saturated heterocycles. The zero-order chi connectivity index (χ0) is 25.1. The summed E-state index contributed by atoms with van der Waals surface area (Å²) in [4.78, 5) is 57.0. The fourth-order valence-corrected chi connectivity index (χ4v) is 3.74. The molecule has 4 aromatic rings. The van der Waals surface area contributed by atoms with Crippen molar-refractivity contribution in [2.24, 2.45) is 0 Å². The number of nitrogen functional groups attached to an aromatic ring is 1. The molecule has 0 aliphatic heterocycles. The largest absolute Gasteiger partial charge is 0.479 e. The van der Waals surface area contributed by atoms with Gasteiger partial charge in [0.15, 0.2) is 6.04 Å². The van der Waals surface area contributed by atoms with Crippen LogP contribution in [-0.2, 0) is 17.6 Å². The summed E-state index contributed by atoms with van der Waals surface area (Å²) in [6.45, 7) is 0. The van der Waals surface area contributed by atoms with Crippen LogP contribution in [0.25, 0.3) is 11.0 Å². The summed E-state index contributed by atoms with van der Waals surface area (Å²) in [6.07, 6.45) is 2.85. The number of carboxylic acid groups (broad SMARTS) is 2. The second-order valence-corrected chi connectivity index (χ2v) is 7.86. The van der Waals surface area contributed by atoms with Crippen molar-refractivity contribution in [3.8, 4) is 0 Å². The molecule has 1 amide bonds. The van der Waals surface area contributed by atoms with E-state index >= 15 is 0 Å². The highest BCUT2D eigenvalue weighted by molar-refractivity contribution is 5.97. The second kappa shape index (κ2) is 9.51. The van der Waals surface area contributed by atoms with Crippen molar-refractivity contribution in [2.75, 3.05) is 5.73 Å². The molecule has 0 fully saturated rings. The number of H-pyrrole nitrogens is 2. The fraction of sp³-hybridized carbons (Fsp3) is 0.125. The number of aromatic nitrogens is 3. The van der Waals surface area contributed by atoms with Crippen LogP contribution in [0.4, 0.5) is 5.95 Å². The average Bonchev–Trinajstić information content (AvgIpc) is 3.24. The van der Waals surface area contributed by atoms with Crippen LogP contribution in [0.1, 0.15) is 43.4 Å². The number of aliphatic carboxylic acids is 1. The van der Waals surface area contributed by atoms with Crippen LogP contribution in [0.5, 0.6) is 0 Å². The summed E-state index contributed by atoms with van der Waals surface area (Å²) in [5.74, 6) is -2.96. The van der Waals surface area contributed by atoms with Crippen molar-refractivity contribution in [3.05, 3.63) is 92.9 Å². The number of carbonyl (C=O) groups is 3. The molecule has 2 aromatic carbocycles. The van der Waals surface area contributed by atoms with Crippen LogP contribution in [0.3, 0.4) is 0 Å². The lowest BCUT2D eigenvalue weighted by atomic mass is 10.0. The normalized spacial score (nSPS) is 11.8. The lowest BCUT2D eigenvalue weighted by Gasteiger charge is -2.15. The van der Waals surface area contributed by atoms with Crippen LogP contribution in [-0.4, -0.2) is 43.0 Å². The molecular formula is C24H21N5O6. The van der Waals surface area contributed by atoms with Crippen molar-refractivity contribution in [3.63, 3.8) is 0 Å². The second-order valence-electron chi connectivity index (χ2n) is 7.86. The van der Waals surface area contributed by atoms with E-state index in [2.05, 4.69) is 20.3 Å². The van der Waals surface area contributed by atoms with Gasteiger partial charge in [-0.05, 0) is 53.8 Å². The predicted octanol–water partition coefficient (Wildman–Crippen LogP) is 1.87. The standard InChI is InChI=1S/C24H21N5O6/c25-24-28-19-17(21(31)29-24)16(11-26-19)6-3-12-1-4-14(5-2-12)20(30)27-18(23(34)35)13-7-9-15(10-8-13)22(32)33/h1-2,4-5,7-11,18H,3,6H2,(H,27,30)(H,32,33)(H,34,35)(H4,25,26,28,29,31). The first kappa shape index (κ1) is 23.2. The molecule has 0 saturated carbocycles. The summed E-state index contributed by atoms with van der Waals surface area (Å²) >= 11 is 0. The Labute approximate surface area is 197 Å². The first-order valence-corrected chi connectivity index (χ1v) is 10.5. The zero-order valence-corrected chi connectivity index (χ0v) is 18.2. The van der Waals surface area contributed by atoms with Gasteiger partial charge in [-0.2, -0.15) is 4.98 Å². The lowest BCUT2D eigenvalue weighted by Crippen LogP contribution is -2.33. The summed E-state index contributed by atoms with van der Waals surface area (Å²) in [5.41, 5.74) is 7.88. The Balaban J connectivity index is 1.43. The summed E-state index contributed by atoms with van der Waals surface area (Å²) in [6, 6.07) is 10.6. The van der Waals surface area contributed by atoms with Gasteiger partial charge in [-0.25, -0.2) is 9.59 Å². The van der Waals surface area contributed by atoms with Gasteiger partial charge < -0.3 is 26.2 Å². The van der Waals surface area contributed by atoms with Crippen LogP contribution in [0.2, 0.25) is 0 Å². The van der Waals surface area contributed by atoms with Gasteiger partial charge in [0.1, 0.15) is 5.65 Å². The topological polar surface area (TPSA) is 191 Å². The van der Waals surface area contributed by atoms with E-state index in [0.29, 0.717) is 23.9 Å². The first-order chi connectivity index (χ1) is 16.7. The molecule has 0 aliphatic carbocycles. The van der Waals surface area contributed by atoms with E-state index in [1.807, 2.05) is 0 Å². The maximum atomic E-state index is 12.6. The number of carboxylic acids is 2. The van der Waals surface area contributed by atoms with E-state index < -0.39 is 23.9 Å². The Morgan fingerprint density at radius 1 is 0.971 bits per heavy atom. The molecule has 11 heteroatoms. The molecule has 0 bridgehead atoms. The Morgan fingerprint density at radius 2 is 1.63 bits per heavy atom. The van der Waals surface area contributed by atoms with E-state index in [1.165, 1.54) is 24.3 Å². The Bertz CT molecular complexity index is 1470. The number of fused-ring (bicyclic) bond motifs is 1.